The molecule has 3 heteroatoms. The van der Waals surface area contributed by atoms with Crippen molar-refractivity contribution in [2.45, 2.75) is 32.2 Å². The van der Waals surface area contributed by atoms with E-state index in [0.29, 0.717) is 0 Å². The van der Waals surface area contributed by atoms with Crippen LogP contribution < -0.4 is 14.8 Å². The molecule has 2 aromatic carbocycles. The Morgan fingerprint density at radius 3 is 2.55 bits per heavy atom. The van der Waals surface area contributed by atoms with Gasteiger partial charge in [-0.3, -0.25) is 0 Å². The quantitative estimate of drug-likeness (QED) is 0.841. The summed E-state index contributed by atoms with van der Waals surface area (Å²) in [4.78, 5) is 0. The molecule has 3 rings (SSSR count). The summed E-state index contributed by atoms with van der Waals surface area (Å²) < 4.78 is 11.1. The van der Waals surface area contributed by atoms with E-state index >= 15 is 0 Å². The molecule has 22 heavy (non-hydrogen) atoms. The maximum atomic E-state index is 5.91. The van der Waals surface area contributed by atoms with Gasteiger partial charge in [0.1, 0.15) is 17.2 Å². The molecule has 0 aliphatic heterocycles. The van der Waals surface area contributed by atoms with Crippen LogP contribution >= 0.6 is 0 Å². The SMILES string of the molecule is COc1[c]c(C)c(Oc2ccc(CCNC3CC3)cc2)cc1. The molecule has 1 N–H and O–H groups in total. The standard InChI is InChI=1S/C19H22NO2/c1-14-13-18(21-2)9-10-19(14)22-17-7-3-15(4-8-17)11-12-20-16-5-6-16/h3-4,7-10,16,20H,5-6,11-12H2,1-2H3. The predicted molar refractivity (Wildman–Crippen MR) is 87.8 cm³/mol. The molecule has 1 saturated carbocycles. The molecule has 1 fully saturated rings. The minimum atomic E-state index is 0.725. The molecule has 115 valence electrons. The maximum Gasteiger partial charge on any atom is 0.131 e. The Morgan fingerprint density at radius 2 is 1.91 bits per heavy atom. The summed E-state index contributed by atoms with van der Waals surface area (Å²) in [5.74, 6) is 2.38. The summed E-state index contributed by atoms with van der Waals surface area (Å²) in [5, 5.41) is 3.53. The highest BCUT2D eigenvalue weighted by molar-refractivity contribution is 5.41. The zero-order valence-corrected chi connectivity index (χ0v) is 13.2. The first kappa shape index (κ1) is 14.9. The van der Waals surface area contributed by atoms with E-state index in [9.17, 15) is 0 Å². The molecule has 0 amide bonds. The first-order valence-electron chi connectivity index (χ1n) is 7.81. The molecule has 0 spiro atoms. The number of rotatable bonds is 7. The smallest absolute Gasteiger partial charge is 0.131 e. The van der Waals surface area contributed by atoms with Crippen LogP contribution in [0.5, 0.6) is 17.2 Å². The maximum absolute atomic E-state index is 5.91. The monoisotopic (exact) mass is 296 g/mol. The third-order valence-corrected chi connectivity index (χ3v) is 3.86. The predicted octanol–water partition coefficient (Wildman–Crippen LogP) is 3.89. The first-order chi connectivity index (χ1) is 10.7. The number of methoxy groups -OCH3 is 1. The molecule has 1 radical (unpaired) electrons. The van der Waals surface area contributed by atoms with Crippen LogP contribution in [-0.2, 0) is 6.42 Å². The lowest BCUT2D eigenvalue weighted by Gasteiger charge is -2.10. The van der Waals surface area contributed by atoms with Crippen molar-refractivity contribution in [2.75, 3.05) is 13.7 Å². The minimum Gasteiger partial charge on any atom is -0.496 e. The zero-order valence-electron chi connectivity index (χ0n) is 13.2. The molecule has 2 aromatic rings. The number of benzene rings is 2. The van der Waals surface area contributed by atoms with E-state index in [2.05, 4.69) is 23.5 Å². The summed E-state index contributed by atoms with van der Waals surface area (Å²) in [7, 11) is 1.64. The molecule has 1 aliphatic carbocycles. The Hall–Kier alpha value is -2.00. The molecule has 0 unspecified atom stereocenters. The van der Waals surface area contributed by atoms with Crippen LogP contribution in [-0.4, -0.2) is 19.7 Å². The van der Waals surface area contributed by atoms with Gasteiger partial charge in [-0.1, -0.05) is 12.1 Å². The molecule has 1 aliphatic rings. The number of aryl methyl sites for hydroxylation is 1. The van der Waals surface area contributed by atoms with Crippen molar-refractivity contribution in [1.82, 2.24) is 5.32 Å². The number of hydrogen-bond donors (Lipinski definition) is 1. The molecular weight excluding hydrogens is 274 g/mol. The van der Waals surface area contributed by atoms with Crippen LogP contribution in [0.4, 0.5) is 0 Å². The van der Waals surface area contributed by atoms with Crippen molar-refractivity contribution in [3.05, 3.63) is 53.6 Å². The van der Waals surface area contributed by atoms with Gasteiger partial charge in [0.15, 0.2) is 0 Å². The van der Waals surface area contributed by atoms with Crippen molar-refractivity contribution in [3.63, 3.8) is 0 Å². The largest absolute Gasteiger partial charge is 0.496 e. The van der Waals surface area contributed by atoms with Gasteiger partial charge in [-0.25, -0.2) is 0 Å². The Morgan fingerprint density at radius 1 is 1.14 bits per heavy atom. The van der Waals surface area contributed by atoms with Gasteiger partial charge in [0.2, 0.25) is 0 Å². The summed E-state index contributed by atoms with van der Waals surface area (Å²) in [5.41, 5.74) is 2.27. The molecule has 0 saturated heterocycles. The van der Waals surface area contributed by atoms with Crippen LogP contribution in [0.1, 0.15) is 24.0 Å². The summed E-state index contributed by atoms with van der Waals surface area (Å²) in [6, 6.07) is 16.0. The summed E-state index contributed by atoms with van der Waals surface area (Å²) in [6.07, 6.45) is 3.74. The Bertz CT molecular complexity index is 618. The topological polar surface area (TPSA) is 30.5 Å². The second-order valence-corrected chi connectivity index (χ2v) is 5.74. The highest BCUT2D eigenvalue weighted by Crippen LogP contribution is 2.27. The van der Waals surface area contributed by atoms with Gasteiger partial charge in [0.05, 0.1) is 7.11 Å². The summed E-state index contributed by atoms with van der Waals surface area (Å²) in [6.45, 7) is 3.02. The Labute approximate surface area is 132 Å². The highest BCUT2D eigenvalue weighted by atomic mass is 16.5. The van der Waals surface area contributed by atoms with E-state index in [1.54, 1.807) is 7.11 Å². The van der Waals surface area contributed by atoms with Gasteiger partial charge in [-0.2, -0.15) is 0 Å². The third-order valence-electron chi connectivity index (χ3n) is 3.86. The lowest BCUT2D eigenvalue weighted by Crippen LogP contribution is -2.19. The second-order valence-electron chi connectivity index (χ2n) is 5.74. The second kappa shape index (κ2) is 6.84. The van der Waals surface area contributed by atoms with E-state index in [1.807, 2.05) is 31.2 Å². The van der Waals surface area contributed by atoms with Gasteiger partial charge in [-0.15, -0.1) is 0 Å². The Kier molecular flexibility index (Phi) is 4.64. The van der Waals surface area contributed by atoms with Crippen LogP contribution in [0.2, 0.25) is 0 Å². The molecule has 3 nitrogen and oxygen atoms in total. The fourth-order valence-corrected chi connectivity index (χ4v) is 2.35. The van der Waals surface area contributed by atoms with Gasteiger partial charge >= 0.3 is 0 Å². The van der Waals surface area contributed by atoms with E-state index in [-0.39, 0.29) is 0 Å². The first-order valence-corrected chi connectivity index (χ1v) is 7.81. The van der Waals surface area contributed by atoms with Crippen LogP contribution in [0.3, 0.4) is 0 Å². The van der Waals surface area contributed by atoms with E-state index in [4.69, 9.17) is 9.47 Å². The van der Waals surface area contributed by atoms with Crippen LogP contribution in [0.15, 0.2) is 36.4 Å². The van der Waals surface area contributed by atoms with Gasteiger partial charge in [0.25, 0.3) is 0 Å². The fraction of sp³-hybridized carbons (Fsp3) is 0.368. The normalized spacial score (nSPS) is 13.9. The average Bonchev–Trinajstić information content (AvgIpc) is 3.35. The molecular formula is C19H22NO2. The molecule has 0 heterocycles. The third kappa shape index (κ3) is 4.01. The van der Waals surface area contributed by atoms with Crippen molar-refractivity contribution in [3.8, 4) is 17.2 Å². The van der Waals surface area contributed by atoms with E-state index in [0.717, 1.165) is 41.8 Å². The van der Waals surface area contributed by atoms with E-state index < -0.39 is 0 Å². The van der Waals surface area contributed by atoms with Crippen molar-refractivity contribution < 1.29 is 9.47 Å². The van der Waals surface area contributed by atoms with Gasteiger partial charge < -0.3 is 14.8 Å². The van der Waals surface area contributed by atoms with Crippen molar-refractivity contribution in [2.24, 2.45) is 0 Å². The number of ether oxygens (including phenoxy) is 2. The molecule has 0 bridgehead atoms. The number of nitrogens with one attached hydrogen (secondary N) is 1. The zero-order chi connectivity index (χ0) is 15.4. The Balaban J connectivity index is 1.57. The van der Waals surface area contributed by atoms with Gasteiger partial charge in [0, 0.05) is 17.7 Å². The van der Waals surface area contributed by atoms with Crippen LogP contribution in [0, 0.1) is 13.0 Å². The van der Waals surface area contributed by atoms with Crippen molar-refractivity contribution >= 4 is 0 Å². The van der Waals surface area contributed by atoms with Crippen molar-refractivity contribution in [1.29, 1.82) is 0 Å². The van der Waals surface area contributed by atoms with E-state index in [1.165, 1.54) is 18.4 Å². The molecule has 0 aromatic heterocycles. The van der Waals surface area contributed by atoms with Crippen LogP contribution in [0.25, 0.3) is 0 Å². The minimum absolute atomic E-state index is 0.725. The fourth-order valence-electron chi connectivity index (χ4n) is 2.35. The lowest BCUT2D eigenvalue weighted by atomic mass is 10.1. The average molecular weight is 296 g/mol. The number of hydrogen-bond acceptors (Lipinski definition) is 3. The van der Waals surface area contributed by atoms with Gasteiger partial charge in [-0.05, 0) is 62.6 Å². The lowest BCUT2D eigenvalue weighted by molar-refractivity contribution is 0.411. The highest BCUT2D eigenvalue weighted by Gasteiger charge is 2.19. The summed E-state index contributed by atoms with van der Waals surface area (Å²) >= 11 is 0. The molecule has 0 atom stereocenters.